The van der Waals surface area contributed by atoms with Crippen molar-refractivity contribution in [2.24, 2.45) is 5.92 Å². The van der Waals surface area contributed by atoms with Crippen LogP contribution < -0.4 is 9.64 Å². The molecular formula is C33H36ClFN4O4. The molecule has 43 heavy (non-hydrogen) atoms. The predicted molar refractivity (Wildman–Crippen MR) is 163 cm³/mol. The fourth-order valence-electron chi connectivity index (χ4n) is 6.07. The number of benzene rings is 2. The number of hydrogen-bond donors (Lipinski definition) is 0. The van der Waals surface area contributed by atoms with E-state index in [4.69, 9.17) is 16.3 Å². The highest BCUT2D eigenvalue weighted by Crippen LogP contribution is 2.35. The minimum atomic E-state index is -0.545. The highest BCUT2D eigenvalue weighted by atomic mass is 35.5. The number of rotatable bonds is 7. The van der Waals surface area contributed by atoms with Gasteiger partial charge in [-0.2, -0.15) is 0 Å². The van der Waals surface area contributed by atoms with E-state index in [1.807, 2.05) is 49.1 Å². The fraction of sp³-hybridized carbons (Fsp3) is 0.394. The topological polar surface area (TPSA) is 83.1 Å². The Morgan fingerprint density at radius 3 is 2.23 bits per heavy atom. The highest BCUT2D eigenvalue weighted by molar-refractivity contribution is 6.30. The maximum Gasteiger partial charge on any atom is 0.415 e. The molecule has 0 N–H and O–H groups in total. The van der Waals surface area contributed by atoms with Crippen LogP contribution in [0.2, 0.25) is 5.02 Å². The molecule has 0 spiro atoms. The lowest BCUT2D eigenvalue weighted by Gasteiger charge is -2.35. The number of halogens is 2. The van der Waals surface area contributed by atoms with Crippen LogP contribution in [0.15, 0.2) is 66.9 Å². The normalized spacial score (nSPS) is 19.0. The van der Waals surface area contributed by atoms with E-state index in [2.05, 4.69) is 9.88 Å². The Morgan fingerprint density at radius 1 is 0.977 bits per heavy atom. The van der Waals surface area contributed by atoms with E-state index in [0.717, 1.165) is 11.4 Å². The average molecular weight is 607 g/mol. The Balaban J connectivity index is 1.31. The number of aromatic nitrogens is 1. The number of pyridine rings is 1. The van der Waals surface area contributed by atoms with E-state index in [9.17, 15) is 18.8 Å². The maximum absolute atomic E-state index is 13.9. The predicted octanol–water partition coefficient (Wildman–Crippen LogP) is 6.20. The summed E-state index contributed by atoms with van der Waals surface area (Å²) >= 11 is 6.18. The van der Waals surface area contributed by atoms with Crippen molar-refractivity contribution in [3.63, 3.8) is 0 Å². The van der Waals surface area contributed by atoms with Crippen LogP contribution in [0.5, 0.6) is 5.75 Å². The number of hydrogen-bond acceptors (Lipinski definition) is 6. The number of likely N-dealkylation sites (tertiary alicyclic amines) is 1. The number of nitrogens with zero attached hydrogens (tertiary/aromatic N) is 4. The Hall–Kier alpha value is -3.98. The molecule has 2 fully saturated rings. The van der Waals surface area contributed by atoms with Crippen LogP contribution in [-0.2, 0) is 4.79 Å². The SMILES string of the molecule is CC(=O)c1ccc(N2CCC(C(=O)N3C[C@@H](N(C(=O)Oc4ccc(F)cc4)C(C)C)[C@H](c4ccc(Cl)cc4)C3)CC2)nc1. The molecule has 1 aromatic heterocycles. The quantitative estimate of drug-likeness (QED) is 0.298. The number of piperidine rings is 1. The van der Waals surface area contributed by atoms with Gasteiger partial charge in [0.15, 0.2) is 5.78 Å². The number of carbonyl (C=O) groups is 3. The summed E-state index contributed by atoms with van der Waals surface area (Å²) in [4.78, 5) is 49.2. The molecule has 3 heterocycles. The van der Waals surface area contributed by atoms with Crippen LogP contribution in [0.4, 0.5) is 15.0 Å². The minimum Gasteiger partial charge on any atom is -0.410 e. The van der Waals surface area contributed by atoms with Crippen molar-refractivity contribution in [1.29, 1.82) is 0 Å². The summed E-state index contributed by atoms with van der Waals surface area (Å²) < 4.78 is 19.1. The van der Waals surface area contributed by atoms with Gasteiger partial charge >= 0.3 is 6.09 Å². The summed E-state index contributed by atoms with van der Waals surface area (Å²) in [6.45, 7) is 7.56. The van der Waals surface area contributed by atoms with Gasteiger partial charge in [0.1, 0.15) is 17.4 Å². The first-order valence-corrected chi connectivity index (χ1v) is 15.0. The van der Waals surface area contributed by atoms with Gasteiger partial charge in [0.2, 0.25) is 5.91 Å². The summed E-state index contributed by atoms with van der Waals surface area (Å²) in [5.41, 5.74) is 1.56. The number of ether oxygens (including phenoxy) is 1. The second-order valence-corrected chi connectivity index (χ2v) is 12.0. The van der Waals surface area contributed by atoms with Crippen LogP contribution in [0.1, 0.15) is 55.5 Å². The van der Waals surface area contributed by atoms with Gasteiger partial charge < -0.3 is 14.5 Å². The lowest BCUT2D eigenvalue weighted by Crippen LogP contribution is -2.50. The van der Waals surface area contributed by atoms with Crippen LogP contribution >= 0.6 is 11.6 Å². The molecule has 2 aliphatic rings. The van der Waals surface area contributed by atoms with E-state index >= 15 is 0 Å². The Kier molecular flexibility index (Phi) is 9.30. The fourth-order valence-corrected chi connectivity index (χ4v) is 6.19. The van der Waals surface area contributed by atoms with Crippen molar-refractivity contribution in [2.75, 3.05) is 31.1 Å². The Labute approximate surface area is 256 Å². The second kappa shape index (κ2) is 13.1. The number of ketones is 1. The summed E-state index contributed by atoms with van der Waals surface area (Å²) in [6.07, 6.45) is 2.42. The molecule has 0 aliphatic carbocycles. The molecule has 0 saturated carbocycles. The van der Waals surface area contributed by atoms with Gasteiger partial charge in [-0.05, 0) is 87.7 Å². The van der Waals surface area contributed by atoms with Crippen LogP contribution in [0.25, 0.3) is 0 Å². The maximum atomic E-state index is 13.9. The molecule has 8 nitrogen and oxygen atoms in total. The third-order valence-corrected chi connectivity index (χ3v) is 8.62. The second-order valence-electron chi connectivity index (χ2n) is 11.5. The summed E-state index contributed by atoms with van der Waals surface area (Å²) in [7, 11) is 0. The summed E-state index contributed by atoms with van der Waals surface area (Å²) in [6, 6.07) is 16.0. The summed E-state index contributed by atoms with van der Waals surface area (Å²) in [5, 5.41) is 0.611. The molecule has 2 aromatic carbocycles. The molecule has 2 atom stereocenters. The largest absolute Gasteiger partial charge is 0.415 e. The van der Waals surface area contributed by atoms with Gasteiger partial charge in [0.05, 0.1) is 6.04 Å². The smallest absolute Gasteiger partial charge is 0.410 e. The van der Waals surface area contributed by atoms with Crippen molar-refractivity contribution in [2.45, 2.75) is 51.6 Å². The van der Waals surface area contributed by atoms with Crippen LogP contribution in [0.3, 0.4) is 0 Å². The van der Waals surface area contributed by atoms with E-state index in [0.29, 0.717) is 49.6 Å². The van der Waals surface area contributed by atoms with Gasteiger partial charge in [-0.3, -0.25) is 14.5 Å². The summed E-state index contributed by atoms with van der Waals surface area (Å²) in [5.74, 6) is 0.404. The van der Waals surface area contributed by atoms with E-state index < -0.39 is 11.9 Å². The lowest BCUT2D eigenvalue weighted by atomic mass is 9.92. The van der Waals surface area contributed by atoms with E-state index in [1.165, 1.54) is 31.2 Å². The molecule has 2 saturated heterocycles. The van der Waals surface area contributed by atoms with Crippen LogP contribution in [0, 0.1) is 11.7 Å². The Bertz CT molecular complexity index is 1440. The van der Waals surface area contributed by atoms with Gasteiger partial charge in [-0.1, -0.05) is 23.7 Å². The van der Waals surface area contributed by atoms with E-state index in [-0.39, 0.29) is 41.4 Å². The van der Waals surface area contributed by atoms with Crippen molar-refractivity contribution in [3.8, 4) is 5.75 Å². The molecule has 5 rings (SSSR count). The minimum absolute atomic E-state index is 0.0241. The molecular weight excluding hydrogens is 571 g/mol. The van der Waals surface area contributed by atoms with Gasteiger partial charge in [-0.25, -0.2) is 14.2 Å². The monoisotopic (exact) mass is 606 g/mol. The molecule has 3 aromatic rings. The molecule has 0 bridgehead atoms. The third-order valence-electron chi connectivity index (χ3n) is 8.36. The number of amides is 2. The molecule has 226 valence electrons. The zero-order valence-electron chi connectivity index (χ0n) is 24.6. The van der Waals surface area contributed by atoms with Crippen molar-refractivity contribution >= 4 is 35.2 Å². The first-order valence-electron chi connectivity index (χ1n) is 14.6. The highest BCUT2D eigenvalue weighted by Gasteiger charge is 2.44. The van der Waals surface area contributed by atoms with Crippen molar-refractivity contribution in [1.82, 2.24) is 14.8 Å². The zero-order chi connectivity index (χ0) is 30.7. The van der Waals surface area contributed by atoms with Crippen molar-refractivity contribution < 1.29 is 23.5 Å². The number of anilines is 1. The lowest BCUT2D eigenvalue weighted by molar-refractivity contribution is -0.135. The first-order chi connectivity index (χ1) is 20.6. The first kappa shape index (κ1) is 30.5. The molecule has 0 unspecified atom stereocenters. The standard InChI is InChI=1S/C33H36ClFN4O4/c1-21(2)39(33(42)43-28-11-9-27(35)10-12-28)30-20-38(19-29(30)23-4-7-26(34)8-5-23)32(41)24-14-16-37(17-15-24)31-13-6-25(18-36-31)22(3)40/h4-13,18,21,24,29-30H,14-17,19-20H2,1-3H3/t29-,30+/m0/s1. The zero-order valence-corrected chi connectivity index (χ0v) is 25.3. The number of Topliss-reactive ketones (excluding diaryl/α,β-unsaturated/α-hetero) is 1. The Morgan fingerprint density at radius 2 is 1.65 bits per heavy atom. The number of carbonyl (C=O) groups excluding carboxylic acids is 3. The average Bonchev–Trinajstić information content (AvgIpc) is 3.43. The molecule has 2 amide bonds. The van der Waals surface area contributed by atoms with E-state index in [1.54, 1.807) is 17.2 Å². The van der Waals surface area contributed by atoms with Gasteiger partial charge in [-0.15, -0.1) is 0 Å². The molecule has 2 aliphatic heterocycles. The molecule has 0 radical (unpaired) electrons. The van der Waals surface area contributed by atoms with Gasteiger partial charge in [0.25, 0.3) is 0 Å². The van der Waals surface area contributed by atoms with Gasteiger partial charge in [0, 0.05) is 60.8 Å². The molecule has 10 heteroatoms. The van der Waals surface area contributed by atoms with Crippen molar-refractivity contribution in [3.05, 3.63) is 88.8 Å². The van der Waals surface area contributed by atoms with Crippen LogP contribution in [-0.4, -0.2) is 70.8 Å². The third kappa shape index (κ3) is 6.99.